The molecule has 0 radical (unpaired) electrons. The first-order valence-corrected chi connectivity index (χ1v) is 11.8. The molecule has 5 heterocycles. The van der Waals surface area contributed by atoms with Crippen LogP contribution < -0.4 is 0 Å². The maximum Gasteiger partial charge on any atom is 0.271 e. The molecule has 0 unspecified atom stereocenters. The van der Waals surface area contributed by atoms with E-state index in [2.05, 4.69) is 38.6 Å². The second-order valence-corrected chi connectivity index (χ2v) is 10.1. The molecule has 168 valence electrons. The summed E-state index contributed by atoms with van der Waals surface area (Å²) in [6, 6.07) is 1.95. The van der Waals surface area contributed by atoms with Crippen molar-refractivity contribution in [3.63, 3.8) is 0 Å². The summed E-state index contributed by atoms with van der Waals surface area (Å²) in [6.07, 6.45) is 6.11. The average molecular weight is 454 g/mol. The van der Waals surface area contributed by atoms with Crippen LogP contribution >= 0.6 is 11.3 Å². The highest BCUT2D eigenvalue weighted by Crippen LogP contribution is 2.50. The number of carbonyl (C=O) groups is 2. The number of aromatic nitrogens is 5. The van der Waals surface area contributed by atoms with Gasteiger partial charge in [0, 0.05) is 49.4 Å². The zero-order valence-corrected chi connectivity index (χ0v) is 19.3. The van der Waals surface area contributed by atoms with Crippen LogP contribution in [0.4, 0.5) is 0 Å². The number of nitrogens with one attached hydrogen (secondary N) is 1. The fourth-order valence-electron chi connectivity index (χ4n) is 4.96. The Balaban J connectivity index is 1.46. The molecule has 32 heavy (non-hydrogen) atoms. The van der Waals surface area contributed by atoms with Gasteiger partial charge in [-0.05, 0) is 33.3 Å². The Bertz CT molecular complexity index is 1140. The normalized spacial score (nSPS) is 23.2. The van der Waals surface area contributed by atoms with Gasteiger partial charge in [-0.3, -0.25) is 14.7 Å². The number of hydrogen-bond donors (Lipinski definition) is 1. The summed E-state index contributed by atoms with van der Waals surface area (Å²) in [7, 11) is 0. The van der Waals surface area contributed by atoms with Gasteiger partial charge < -0.3 is 14.4 Å². The molecule has 2 atom stereocenters. The SMILES string of the molecule is Cc1nc(CN2CC[C@@]3(CN(C(=O)c4ccn[nH]4)C[C@@H]3c3cn(C(C)C)cn3)C2=O)cs1. The lowest BCUT2D eigenvalue weighted by Crippen LogP contribution is -2.40. The van der Waals surface area contributed by atoms with Gasteiger partial charge in [0.1, 0.15) is 5.69 Å². The lowest BCUT2D eigenvalue weighted by atomic mass is 9.75. The van der Waals surface area contributed by atoms with E-state index in [-0.39, 0.29) is 23.8 Å². The molecule has 0 saturated carbocycles. The lowest BCUT2D eigenvalue weighted by Gasteiger charge is -2.27. The molecule has 1 spiro atoms. The lowest BCUT2D eigenvalue weighted by molar-refractivity contribution is -0.136. The summed E-state index contributed by atoms with van der Waals surface area (Å²) in [4.78, 5) is 39.8. The molecule has 0 aromatic carbocycles. The van der Waals surface area contributed by atoms with Crippen LogP contribution in [-0.2, 0) is 11.3 Å². The van der Waals surface area contributed by atoms with Gasteiger partial charge >= 0.3 is 0 Å². The molecule has 2 aliphatic rings. The molecule has 2 saturated heterocycles. The van der Waals surface area contributed by atoms with Crippen LogP contribution in [0.3, 0.4) is 0 Å². The van der Waals surface area contributed by atoms with Crippen LogP contribution in [0.25, 0.3) is 0 Å². The first kappa shape index (κ1) is 20.9. The van der Waals surface area contributed by atoms with E-state index in [9.17, 15) is 9.59 Å². The van der Waals surface area contributed by atoms with E-state index in [1.54, 1.807) is 28.5 Å². The highest BCUT2D eigenvalue weighted by Gasteiger charge is 2.58. The number of H-pyrrole nitrogens is 1. The molecule has 1 N–H and O–H groups in total. The van der Waals surface area contributed by atoms with E-state index >= 15 is 0 Å². The fourth-order valence-corrected chi connectivity index (χ4v) is 5.56. The van der Waals surface area contributed by atoms with Gasteiger partial charge in [0.05, 0.1) is 34.7 Å². The predicted octanol–water partition coefficient (Wildman–Crippen LogP) is 2.61. The summed E-state index contributed by atoms with van der Waals surface area (Å²) < 4.78 is 2.05. The Morgan fingerprint density at radius 2 is 2.25 bits per heavy atom. The van der Waals surface area contributed by atoms with Gasteiger partial charge in [-0.1, -0.05) is 0 Å². The number of carbonyl (C=O) groups excluding carboxylic acids is 2. The van der Waals surface area contributed by atoms with E-state index in [0.717, 1.165) is 16.4 Å². The van der Waals surface area contributed by atoms with Crippen molar-refractivity contribution in [2.75, 3.05) is 19.6 Å². The molecule has 0 bridgehead atoms. The minimum absolute atomic E-state index is 0.0900. The van der Waals surface area contributed by atoms with Gasteiger partial charge in [-0.2, -0.15) is 5.10 Å². The van der Waals surface area contributed by atoms with Gasteiger partial charge in [0.15, 0.2) is 0 Å². The van der Waals surface area contributed by atoms with Crippen molar-refractivity contribution in [2.24, 2.45) is 5.41 Å². The highest BCUT2D eigenvalue weighted by atomic mass is 32.1. The van der Waals surface area contributed by atoms with Gasteiger partial charge in [0.25, 0.3) is 5.91 Å². The molecule has 3 aromatic rings. The van der Waals surface area contributed by atoms with E-state index in [1.807, 2.05) is 29.7 Å². The third-order valence-corrected chi connectivity index (χ3v) is 7.52. The summed E-state index contributed by atoms with van der Waals surface area (Å²) in [5, 5.41) is 9.68. The molecular formula is C22H27N7O2S. The third kappa shape index (κ3) is 3.42. The molecule has 2 amide bonds. The molecule has 3 aromatic heterocycles. The summed E-state index contributed by atoms with van der Waals surface area (Å²) in [6.45, 7) is 8.18. The van der Waals surface area contributed by atoms with Crippen molar-refractivity contribution >= 4 is 23.2 Å². The Morgan fingerprint density at radius 1 is 1.41 bits per heavy atom. The van der Waals surface area contributed by atoms with Gasteiger partial charge in [0.2, 0.25) is 5.91 Å². The zero-order valence-electron chi connectivity index (χ0n) is 18.5. The Labute approximate surface area is 190 Å². The minimum Gasteiger partial charge on any atom is -0.336 e. The second-order valence-electron chi connectivity index (χ2n) is 9.04. The van der Waals surface area contributed by atoms with E-state index < -0.39 is 5.41 Å². The predicted molar refractivity (Wildman–Crippen MR) is 119 cm³/mol. The van der Waals surface area contributed by atoms with Gasteiger partial charge in [-0.25, -0.2) is 9.97 Å². The van der Waals surface area contributed by atoms with Crippen molar-refractivity contribution in [1.82, 2.24) is 34.5 Å². The van der Waals surface area contributed by atoms with E-state index in [0.29, 0.717) is 38.3 Å². The number of imidazole rings is 1. The highest BCUT2D eigenvalue weighted by molar-refractivity contribution is 7.09. The number of nitrogens with zero attached hydrogens (tertiary/aromatic N) is 6. The van der Waals surface area contributed by atoms with Crippen molar-refractivity contribution < 1.29 is 9.59 Å². The number of aromatic amines is 1. The number of hydrogen-bond acceptors (Lipinski definition) is 6. The molecule has 2 aliphatic heterocycles. The van der Waals surface area contributed by atoms with Crippen LogP contribution in [-0.4, -0.2) is 66.0 Å². The van der Waals surface area contributed by atoms with Crippen LogP contribution in [0, 0.1) is 12.3 Å². The maximum absolute atomic E-state index is 13.8. The van der Waals surface area contributed by atoms with Crippen LogP contribution in [0.15, 0.2) is 30.2 Å². The first-order valence-electron chi connectivity index (χ1n) is 10.9. The molecule has 5 rings (SSSR count). The molecule has 10 heteroatoms. The number of aryl methyl sites for hydroxylation is 1. The van der Waals surface area contributed by atoms with Crippen molar-refractivity contribution in [2.45, 2.75) is 45.7 Å². The maximum atomic E-state index is 13.8. The summed E-state index contributed by atoms with van der Waals surface area (Å²) in [5.74, 6) is -0.190. The van der Waals surface area contributed by atoms with Gasteiger partial charge in [-0.15, -0.1) is 11.3 Å². The molecule has 2 fully saturated rings. The van der Waals surface area contributed by atoms with E-state index in [4.69, 9.17) is 0 Å². The standard InChI is InChI=1S/C22H27N7O2S/c1-14(2)29-10-19(23-13-29)17-9-28(20(30)18-4-6-24-26-18)12-22(17)5-7-27(21(22)31)8-16-11-32-15(3)25-16/h4,6,10-11,13-14,17H,5,7-9,12H2,1-3H3,(H,24,26)/t17-,22+/m1/s1. The number of rotatable bonds is 5. The molecule has 9 nitrogen and oxygen atoms in total. The first-order chi connectivity index (χ1) is 15.4. The quantitative estimate of drug-likeness (QED) is 0.640. The minimum atomic E-state index is -0.670. The van der Waals surface area contributed by atoms with Crippen LogP contribution in [0.1, 0.15) is 59.1 Å². The Morgan fingerprint density at radius 3 is 2.91 bits per heavy atom. The monoisotopic (exact) mass is 453 g/mol. The smallest absolute Gasteiger partial charge is 0.271 e. The topological polar surface area (TPSA) is 100 Å². The number of amides is 2. The van der Waals surface area contributed by atoms with E-state index in [1.165, 1.54) is 0 Å². The van der Waals surface area contributed by atoms with Crippen molar-refractivity contribution in [3.05, 3.63) is 52.3 Å². The average Bonchev–Trinajstić information content (AvgIpc) is 3.57. The fraction of sp³-hybridized carbons (Fsp3) is 0.500. The van der Waals surface area contributed by atoms with Crippen molar-refractivity contribution in [3.8, 4) is 0 Å². The molecular weight excluding hydrogens is 426 g/mol. The van der Waals surface area contributed by atoms with Crippen LogP contribution in [0.5, 0.6) is 0 Å². The van der Waals surface area contributed by atoms with Crippen molar-refractivity contribution in [1.29, 1.82) is 0 Å². The largest absolute Gasteiger partial charge is 0.336 e. The summed E-state index contributed by atoms with van der Waals surface area (Å²) >= 11 is 1.59. The Kier molecular flexibility index (Phi) is 5.11. The number of likely N-dealkylation sites (tertiary alicyclic amines) is 2. The van der Waals surface area contributed by atoms with Crippen LogP contribution in [0.2, 0.25) is 0 Å². The zero-order chi connectivity index (χ0) is 22.5. The molecule has 0 aliphatic carbocycles. The third-order valence-electron chi connectivity index (χ3n) is 6.70. The number of thiazole rings is 1. The second kappa shape index (κ2) is 7.84. The Hall–Kier alpha value is -3.01. The summed E-state index contributed by atoms with van der Waals surface area (Å²) in [5.41, 5.74) is 1.56.